The third kappa shape index (κ3) is 4.41. The highest BCUT2D eigenvalue weighted by Gasteiger charge is 2.10. The monoisotopic (exact) mass is 395 g/mol. The maximum absolute atomic E-state index is 12.2. The molecule has 0 radical (unpaired) electrons. The van der Waals surface area contributed by atoms with E-state index in [1.165, 1.54) is 23.4 Å². The average molecular weight is 396 g/mol. The van der Waals surface area contributed by atoms with Crippen molar-refractivity contribution in [1.82, 2.24) is 25.0 Å². The standard InChI is InChI=1S/C17H12ClN7O.C2H6/c18-14-8-13(10-20-16(14)25-21-5-6-22-25)24-17(26)23-12-7-11-3-1-2-4-15(11)19-9-12;1-2/h1-10H,(H2,23,24,26);1-2H3. The Bertz CT molecular complexity index is 1080. The highest BCUT2D eigenvalue weighted by molar-refractivity contribution is 6.32. The van der Waals surface area contributed by atoms with Crippen LogP contribution >= 0.6 is 11.6 Å². The largest absolute Gasteiger partial charge is 0.323 e. The number of para-hydroxylation sites is 1. The van der Waals surface area contributed by atoms with Gasteiger partial charge in [0.1, 0.15) is 0 Å². The fourth-order valence-corrected chi connectivity index (χ4v) is 2.65. The Kier molecular flexibility index (Phi) is 6.13. The van der Waals surface area contributed by atoms with Crippen molar-refractivity contribution in [3.8, 4) is 5.82 Å². The summed E-state index contributed by atoms with van der Waals surface area (Å²) in [4.78, 5) is 22.0. The minimum absolute atomic E-state index is 0.311. The summed E-state index contributed by atoms with van der Waals surface area (Å²) in [5, 5.41) is 14.6. The third-order valence-electron chi connectivity index (χ3n) is 3.54. The Morgan fingerprint density at radius 3 is 2.32 bits per heavy atom. The number of pyridine rings is 2. The summed E-state index contributed by atoms with van der Waals surface area (Å²) in [6, 6.07) is 10.7. The normalized spacial score (nSPS) is 10.1. The number of anilines is 2. The van der Waals surface area contributed by atoms with E-state index in [4.69, 9.17) is 11.6 Å². The van der Waals surface area contributed by atoms with Crippen LogP contribution in [0.5, 0.6) is 0 Å². The molecule has 0 fully saturated rings. The van der Waals surface area contributed by atoms with Crippen LogP contribution in [0.1, 0.15) is 13.8 Å². The zero-order valence-corrected chi connectivity index (χ0v) is 16.1. The molecule has 0 unspecified atom stereocenters. The average Bonchev–Trinajstić information content (AvgIpc) is 3.24. The molecule has 0 aliphatic carbocycles. The van der Waals surface area contributed by atoms with E-state index in [9.17, 15) is 4.79 Å². The van der Waals surface area contributed by atoms with Gasteiger partial charge in [0.15, 0.2) is 5.82 Å². The second-order valence-electron chi connectivity index (χ2n) is 5.34. The van der Waals surface area contributed by atoms with E-state index >= 15 is 0 Å². The van der Waals surface area contributed by atoms with E-state index in [2.05, 4.69) is 30.8 Å². The predicted molar refractivity (Wildman–Crippen MR) is 110 cm³/mol. The van der Waals surface area contributed by atoms with Gasteiger partial charge in [-0.05, 0) is 18.2 Å². The summed E-state index contributed by atoms with van der Waals surface area (Å²) in [6.45, 7) is 4.00. The number of fused-ring (bicyclic) bond motifs is 1. The van der Waals surface area contributed by atoms with E-state index in [-0.39, 0.29) is 0 Å². The first-order chi connectivity index (χ1) is 13.7. The molecule has 3 aromatic heterocycles. The Morgan fingerprint density at radius 2 is 1.61 bits per heavy atom. The first kappa shape index (κ1) is 19.2. The molecule has 9 heteroatoms. The molecule has 0 aliphatic rings. The number of hydrogen-bond acceptors (Lipinski definition) is 5. The Balaban J connectivity index is 0.00000109. The summed E-state index contributed by atoms with van der Waals surface area (Å²) >= 11 is 6.18. The number of benzene rings is 1. The van der Waals surface area contributed by atoms with Crippen LogP contribution in [-0.4, -0.2) is 31.0 Å². The number of carbonyl (C=O) groups excluding carboxylic acids is 1. The zero-order chi connectivity index (χ0) is 19.9. The molecule has 28 heavy (non-hydrogen) atoms. The van der Waals surface area contributed by atoms with Crippen molar-refractivity contribution in [2.24, 2.45) is 0 Å². The van der Waals surface area contributed by atoms with Gasteiger partial charge in [-0.15, -0.1) is 4.80 Å². The van der Waals surface area contributed by atoms with Gasteiger partial charge in [0, 0.05) is 5.39 Å². The SMILES string of the molecule is CC.O=C(Nc1cnc(-n2nccn2)c(Cl)c1)Nc1cnc2ccccc2c1. The van der Waals surface area contributed by atoms with Crippen LogP contribution in [0.4, 0.5) is 16.2 Å². The van der Waals surface area contributed by atoms with Gasteiger partial charge in [0.25, 0.3) is 0 Å². The van der Waals surface area contributed by atoms with Crippen LogP contribution in [0.25, 0.3) is 16.7 Å². The number of amides is 2. The molecule has 0 bridgehead atoms. The number of carbonyl (C=O) groups is 1. The van der Waals surface area contributed by atoms with E-state index in [1.807, 2.05) is 44.2 Å². The maximum Gasteiger partial charge on any atom is 0.323 e. The molecule has 1 aromatic carbocycles. The third-order valence-corrected chi connectivity index (χ3v) is 3.81. The molecule has 8 nitrogen and oxygen atoms in total. The summed E-state index contributed by atoms with van der Waals surface area (Å²) in [7, 11) is 0. The van der Waals surface area contributed by atoms with Gasteiger partial charge in [-0.3, -0.25) is 4.98 Å². The summed E-state index contributed by atoms with van der Waals surface area (Å²) < 4.78 is 0. The van der Waals surface area contributed by atoms with Gasteiger partial charge >= 0.3 is 6.03 Å². The van der Waals surface area contributed by atoms with Crippen LogP contribution in [-0.2, 0) is 0 Å². The number of aromatic nitrogens is 5. The van der Waals surface area contributed by atoms with Gasteiger partial charge in [-0.1, -0.05) is 43.6 Å². The molecule has 2 N–H and O–H groups in total. The zero-order valence-electron chi connectivity index (χ0n) is 15.3. The summed E-state index contributed by atoms with van der Waals surface area (Å²) in [6.07, 6.45) is 6.12. The molecule has 0 spiro atoms. The molecular formula is C19H18ClN7O. The van der Waals surface area contributed by atoms with Crippen LogP contribution in [0.3, 0.4) is 0 Å². The molecule has 0 saturated heterocycles. The number of nitrogens with zero attached hydrogens (tertiary/aromatic N) is 5. The number of halogens is 1. The van der Waals surface area contributed by atoms with E-state index < -0.39 is 6.03 Å². The van der Waals surface area contributed by atoms with Crippen LogP contribution in [0.15, 0.2) is 61.2 Å². The summed E-state index contributed by atoms with van der Waals surface area (Å²) in [5.74, 6) is 0.376. The molecule has 0 atom stereocenters. The molecule has 3 heterocycles. The smallest absolute Gasteiger partial charge is 0.306 e. The quantitative estimate of drug-likeness (QED) is 0.531. The number of rotatable bonds is 3. The van der Waals surface area contributed by atoms with Gasteiger partial charge in [0.2, 0.25) is 0 Å². The van der Waals surface area contributed by atoms with Crippen LogP contribution < -0.4 is 10.6 Å². The van der Waals surface area contributed by atoms with Gasteiger partial charge < -0.3 is 10.6 Å². The lowest BCUT2D eigenvalue weighted by atomic mass is 10.2. The maximum atomic E-state index is 12.2. The lowest BCUT2D eigenvalue weighted by Crippen LogP contribution is -2.19. The Hall–Kier alpha value is -3.52. The Morgan fingerprint density at radius 1 is 0.964 bits per heavy atom. The molecule has 4 aromatic rings. The fraction of sp³-hybridized carbons (Fsp3) is 0.105. The lowest BCUT2D eigenvalue weighted by Gasteiger charge is -2.09. The second kappa shape index (κ2) is 8.92. The lowest BCUT2D eigenvalue weighted by molar-refractivity contribution is 0.262. The highest BCUT2D eigenvalue weighted by Crippen LogP contribution is 2.21. The topological polar surface area (TPSA) is 97.6 Å². The van der Waals surface area contributed by atoms with Gasteiger partial charge in [0.05, 0.1) is 46.7 Å². The van der Waals surface area contributed by atoms with E-state index in [0.29, 0.717) is 22.2 Å². The summed E-state index contributed by atoms with van der Waals surface area (Å²) in [5.41, 5.74) is 1.88. The van der Waals surface area contributed by atoms with Gasteiger partial charge in [-0.25, -0.2) is 9.78 Å². The van der Waals surface area contributed by atoms with Crippen molar-refractivity contribution in [2.75, 3.05) is 10.6 Å². The van der Waals surface area contributed by atoms with Crippen molar-refractivity contribution < 1.29 is 4.79 Å². The molecular weight excluding hydrogens is 378 g/mol. The molecule has 142 valence electrons. The molecule has 2 amide bonds. The number of urea groups is 1. The van der Waals surface area contributed by atoms with Crippen molar-refractivity contribution in [2.45, 2.75) is 13.8 Å². The van der Waals surface area contributed by atoms with E-state index in [1.54, 1.807) is 12.3 Å². The van der Waals surface area contributed by atoms with E-state index in [0.717, 1.165) is 10.9 Å². The van der Waals surface area contributed by atoms with Crippen LogP contribution in [0.2, 0.25) is 5.02 Å². The first-order valence-corrected chi connectivity index (χ1v) is 9.02. The second-order valence-corrected chi connectivity index (χ2v) is 5.75. The first-order valence-electron chi connectivity index (χ1n) is 8.64. The fourth-order valence-electron chi connectivity index (χ4n) is 2.40. The molecule has 4 rings (SSSR count). The van der Waals surface area contributed by atoms with Crippen molar-refractivity contribution in [3.05, 3.63) is 66.2 Å². The van der Waals surface area contributed by atoms with Crippen LogP contribution in [0, 0.1) is 0 Å². The van der Waals surface area contributed by atoms with Crippen molar-refractivity contribution >= 4 is 39.9 Å². The molecule has 0 saturated carbocycles. The highest BCUT2D eigenvalue weighted by atomic mass is 35.5. The molecule has 0 aliphatic heterocycles. The Labute approximate surface area is 166 Å². The minimum Gasteiger partial charge on any atom is -0.306 e. The predicted octanol–water partition coefficient (Wildman–Crippen LogP) is 4.53. The van der Waals surface area contributed by atoms with Gasteiger partial charge in [-0.2, -0.15) is 10.2 Å². The minimum atomic E-state index is -0.426. The van der Waals surface area contributed by atoms with Crippen molar-refractivity contribution in [3.63, 3.8) is 0 Å². The van der Waals surface area contributed by atoms with Crippen molar-refractivity contribution in [1.29, 1.82) is 0 Å². The number of hydrogen-bond donors (Lipinski definition) is 2. The number of nitrogens with one attached hydrogen (secondary N) is 2.